The van der Waals surface area contributed by atoms with Crippen molar-refractivity contribution in [1.29, 1.82) is 0 Å². The van der Waals surface area contributed by atoms with Crippen molar-refractivity contribution in [3.05, 3.63) is 32.8 Å². The van der Waals surface area contributed by atoms with Gasteiger partial charge in [-0.05, 0) is 42.9 Å². The Hall–Kier alpha value is -0.540. The van der Waals surface area contributed by atoms with Gasteiger partial charge in [-0.3, -0.25) is 4.79 Å². The maximum atomic E-state index is 12.2. The average Bonchev–Trinajstić information content (AvgIpc) is 2.89. The largest absolute Gasteiger partial charge is 0.469 e. The van der Waals surface area contributed by atoms with Gasteiger partial charge in [0, 0.05) is 9.50 Å². The van der Waals surface area contributed by atoms with Gasteiger partial charge in [-0.25, -0.2) is 0 Å². The van der Waals surface area contributed by atoms with Crippen LogP contribution in [0.2, 0.25) is 5.02 Å². The van der Waals surface area contributed by atoms with Crippen LogP contribution in [-0.4, -0.2) is 13.1 Å². The molecular formula is C15H18BrClO2. The summed E-state index contributed by atoms with van der Waals surface area (Å²) >= 11 is 9.80. The number of benzene rings is 1. The van der Waals surface area contributed by atoms with Crippen LogP contribution in [0, 0.1) is 12.8 Å². The van der Waals surface area contributed by atoms with Gasteiger partial charge in [0.1, 0.15) is 0 Å². The fourth-order valence-electron chi connectivity index (χ4n) is 2.91. The Morgan fingerprint density at radius 1 is 1.42 bits per heavy atom. The monoisotopic (exact) mass is 344 g/mol. The molecule has 1 aliphatic rings. The zero-order chi connectivity index (χ0) is 14.0. The van der Waals surface area contributed by atoms with Crippen LogP contribution in [0.4, 0.5) is 0 Å². The van der Waals surface area contributed by atoms with E-state index in [-0.39, 0.29) is 11.9 Å². The summed E-state index contributed by atoms with van der Waals surface area (Å²) in [5, 5.41) is 0.639. The number of ether oxygens (including phenoxy) is 1. The van der Waals surface area contributed by atoms with E-state index in [1.54, 1.807) is 0 Å². The topological polar surface area (TPSA) is 26.3 Å². The predicted molar refractivity (Wildman–Crippen MR) is 80.6 cm³/mol. The van der Waals surface area contributed by atoms with Crippen molar-refractivity contribution in [2.75, 3.05) is 7.11 Å². The molecule has 0 amide bonds. The Morgan fingerprint density at radius 3 is 2.63 bits per heavy atom. The minimum absolute atomic E-state index is 0.171. The highest BCUT2D eigenvalue weighted by Crippen LogP contribution is 2.41. The fourth-order valence-corrected chi connectivity index (χ4v) is 3.67. The molecule has 1 atom stereocenters. The average molecular weight is 346 g/mol. The maximum Gasteiger partial charge on any atom is 0.313 e. The molecule has 1 aromatic carbocycles. The van der Waals surface area contributed by atoms with Gasteiger partial charge in [0.05, 0.1) is 13.0 Å². The van der Waals surface area contributed by atoms with Crippen LogP contribution in [0.5, 0.6) is 0 Å². The molecule has 0 saturated heterocycles. The molecule has 0 N–H and O–H groups in total. The van der Waals surface area contributed by atoms with E-state index in [9.17, 15) is 4.79 Å². The van der Waals surface area contributed by atoms with E-state index in [0.717, 1.165) is 28.4 Å². The lowest BCUT2D eigenvalue weighted by Crippen LogP contribution is -2.22. The molecule has 0 heterocycles. The molecule has 1 aliphatic carbocycles. The Labute approximate surface area is 127 Å². The number of carbonyl (C=O) groups is 1. The van der Waals surface area contributed by atoms with Gasteiger partial charge in [0.15, 0.2) is 0 Å². The van der Waals surface area contributed by atoms with Crippen molar-refractivity contribution in [1.82, 2.24) is 0 Å². The molecule has 104 valence electrons. The molecule has 0 unspecified atom stereocenters. The van der Waals surface area contributed by atoms with E-state index < -0.39 is 0 Å². The molecular weight excluding hydrogens is 328 g/mol. The fraction of sp³-hybridized carbons (Fsp3) is 0.533. The molecule has 1 fully saturated rings. The quantitative estimate of drug-likeness (QED) is 0.731. The van der Waals surface area contributed by atoms with Gasteiger partial charge < -0.3 is 4.74 Å². The molecule has 19 heavy (non-hydrogen) atoms. The Kier molecular flexibility index (Phi) is 4.91. The minimum atomic E-state index is -0.230. The smallest absolute Gasteiger partial charge is 0.313 e. The van der Waals surface area contributed by atoms with E-state index in [4.69, 9.17) is 16.3 Å². The zero-order valence-corrected chi connectivity index (χ0v) is 13.6. The molecule has 0 bridgehead atoms. The summed E-state index contributed by atoms with van der Waals surface area (Å²) in [5.74, 6) is -0.0483. The SMILES string of the molecule is COC(=O)[C@H](c1cc(C)c(Br)cc1Cl)C1CCCC1. The first-order valence-electron chi connectivity index (χ1n) is 6.58. The number of halogens is 2. The third kappa shape index (κ3) is 3.14. The molecule has 0 aliphatic heterocycles. The first kappa shape index (κ1) is 14.9. The summed E-state index contributed by atoms with van der Waals surface area (Å²) in [6.45, 7) is 2.01. The van der Waals surface area contributed by atoms with Crippen molar-refractivity contribution in [2.24, 2.45) is 5.92 Å². The third-order valence-corrected chi connectivity index (χ3v) is 5.12. The standard InChI is InChI=1S/C15H18BrClO2/c1-9-7-11(13(17)8-12(9)16)14(15(18)19-2)10-5-3-4-6-10/h7-8,10,14H,3-6H2,1-2H3/t14-/m0/s1. The van der Waals surface area contributed by atoms with Crippen molar-refractivity contribution in [3.63, 3.8) is 0 Å². The first-order chi connectivity index (χ1) is 9.04. The summed E-state index contributed by atoms with van der Waals surface area (Å²) in [5.41, 5.74) is 1.99. The Balaban J connectivity index is 2.42. The van der Waals surface area contributed by atoms with Gasteiger partial charge in [0.25, 0.3) is 0 Å². The number of aryl methyl sites for hydroxylation is 1. The van der Waals surface area contributed by atoms with Gasteiger partial charge in [-0.1, -0.05) is 46.4 Å². The van der Waals surface area contributed by atoms with Crippen LogP contribution >= 0.6 is 27.5 Å². The number of hydrogen-bond acceptors (Lipinski definition) is 2. The van der Waals surface area contributed by atoms with E-state index in [2.05, 4.69) is 15.9 Å². The number of hydrogen-bond donors (Lipinski definition) is 0. The second-order valence-corrected chi connectivity index (χ2v) is 6.43. The van der Waals surface area contributed by atoms with Crippen molar-refractivity contribution >= 4 is 33.5 Å². The van der Waals surface area contributed by atoms with Crippen LogP contribution in [0.25, 0.3) is 0 Å². The lowest BCUT2D eigenvalue weighted by Gasteiger charge is -2.23. The summed E-state index contributed by atoms with van der Waals surface area (Å²) in [7, 11) is 1.45. The highest BCUT2D eigenvalue weighted by atomic mass is 79.9. The number of carbonyl (C=O) groups excluding carboxylic acids is 1. The molecule has 1 aromatic rings. The lowest BCUT2D eigenvalue weighted by atomic mass is 9.84. The van der Waals surface area contributed by atoms with Gasteiger partial charge >= 0.3 is 5.97 Å². The van der Waals surface area contributed by atoms with Crippen LogP contribution < -0.4 is 0 Å². The van der Waals surface area contributed by atoms with E-state index in [1.165, 1.54) is 20.0 Å². The van der Waals surface area contributed by atoms with Gasteiger partial charge in [-0.2, -0.15) is 0 Å². The predicted octanol–water partition coefficient (Wildman–Crippen LogP) is 4.86. The van der Waals surface area contributed by atoms with Crippen LogP contribution in [-0.2, 0) is 9.53 Å². The second-order valence-electron chi connectivity index (χ2n) is 5.17. The lowest BCUT2D eigenvalue weighted by molar-refractivity contribution is -0.143. The zero-order valence-electron chi connectivity index (χ0n) is 11.2. The molecule has 0 radical (unpaired) electrons. The molecule has 2 nitrogen and oxygen atoms in total. The van der Waals surface area contributed by atoms with Crippen molar-refractivity contribution in [2.45, 2.75) is 38.5 Å². The summed E-state index contributed by atoms with van der Waals surface area (Å²) in [6.07, 6.45) is 4.52. The number of esters is 1. The number of rotatable bonds is 3. The van der Waals surface area contributed by atoms with Crippen LogP contribution in [0.1, 0.15) is 42.7 Å². The van der Waals surface area contributed by atoms with Crippen LogP contribution in [0.15, 0.2) is 16.6 Å². The molecule has 0 spiro atoms. The third-order valence-electron chi connectivity index (χ3n) is 3.94. The van der Waals surface area contributed by atoms with Crippen molar-refractivity contribution < 1.29 is 9.53 Å². The number of methoxy groups -OCH3 is 1. The van der Waals surface area contributed by atoms with E-state index in [1.807, 2.05) is 19.1 Å². The van der Waals surface area contributed by atoms with E-state index in [0.29, 0.717) is 10.9 Å². The molecule has 1 saturated carbocycles. The van der Waals surface area contributed by atoms with Crippen LogP contribution in [0.3, 0.4) is 0 Å². The van der Waals surface area contributed by atoms with Crippen molar-refractivity contribution in [3.8, 4) is 0 Å². The normalized spacial score (nSPS) is 17.5. The highest BCUT2D eigenvalue weighted by Gasteiger charge is 2.34. The summed E-state index contributed by atoms with van der Waals surface area (Å²) in [6, 6.07) is 3.88. The Morgan fingerprint density at radius 2 is 2.05 bits per heavy atom. The maximum absolute atomic E-state index is 12.2. The molecule has 2 rings (SSSR count). The van der Waals surface area contributed by atoms with Gasteiger partial charge in [0.2, 0.25) is 0 Å². The van der Waals surface area contributed by atoms with E-state index >= 15 is 0 Å². The molecule has 0 aromatic heterocycles. The molecule has 4 heteroatoms. The summed E-state index contributed by atoms with van der Waals surface area (Å²) in [4.78, 5) is 12.2. The second kappa shape index (κ2) is 6.27. The first-order valence-corrected chi connectivity index (χ1v) is 7.75. The minimum Gasteiger partial charge on any atom is -0.469 e. The summed E-state index contributed by atoms with van der Waals surface area (Å²) < 4.78 is 5.96. The highest BCUT2D eigenvalue weighted by molar-refractivity contribution is 9.10. The van der Waals surface area contributed by atoms with Gasteiger partial charge in [-0.15, -0.1) is 0 Å². The Bertz CT molecular complexity index is 481.